The third-order valence-corrected chi connectivity index (χ3v) is 8.83. The van der Waals surface area contributed by atoms with Gasteiger partial charge in [0.05, 0.1) is 24.0 Å². The third kappa shape index (κ3) is 3.74. The third-order valence-electron chi connectivity index (χ3n) is 8.83. The van der Waals surface area contributed by atoms with E-state index >= 15 is 0 Å². The molecule has 0 unspecified atom stereocenters. The predicted octanol–water partition coefficient (Wildman–Crippen LogP) is 5.46. The van der Waals surface area contributed by atoms with E-state index in [0.717, 1.165) is 11.3 Å². The van der Waals surface area contributed by atoms with E-state index in [0.29, 0.717) is 22.6 Å². The van der Waals surface area contributed by atoms with Crippen molar-refractivity contribution in [2.45, 2.75) is 17.5 Å². The highest BCUT2D eigenvalue weighted by atomic mass is 16.6. The Balaban J connectivity index is 1.50. The molecule has 0 aliphatic carbocycles. The van der Waals surface area contributed by atoms with E-state index in [1.807, 2.05) is 59.5 Å². The van der Waals surface area contributed by atoms with Crippen LogP contribution in [0.4, 0.5) is 17.1 Å². The lowest BCUT2D eigenvalue weighted by atomic mass is 9.64. The molecule has 43 heavy (non-hydrogen) atoms. The van der Waals surface area contributed by atoms with E-state index in [1.165, 1.54) is 31.4 Å². The summed E-state index contributed by atoms with van der Waals surface area (Å²) < 4.78 is 5.30. The second-order valence-corrected chi connectivity index (χ2v) is 10.8. The summed E-state index contributed by atoms with van der Waals surface area (Å²) in [5.41, 5.74) is 1.74. The van der Waals surface area contributed by atoms with Crippen molar-refractivity contribution in [3.63, 3.8) is 0 Å². The molecule has 9 heteroatoms. The van der Waals surface area contributed by atoms with Gasteiger partial charge in [-0.25, -0.2) is 0 Å². The molecule has 0 aromatic heterocycles. The number of nitro groups is 1. The van der Waals surface area contributed by atoms with Crippen molar-refractivity contribution in [2.24, 2.45) is 5.92 Å². The number of para-hydroxylation sites is 2. The zero-order chi connectivity index (χ0) is 29.9. The first-order valence-corrected chi connectivity index (χ1v) is 13.8. The van der Waals surface area contributed by atoms with E-state index in [-0.39, 0.29) is 22.9 Å². The molecular formula is C34H25N3O6. The van der Waals surface area contributed by atoms with Crippen LogP contribution in [0.2, 0.25) is 0 Å². The number of nitrogens with zero attached hydrogens (tertiary/aromatic N) is 2. The maximum atomic E-state index is 14.8. The van der Waals surface area contributed by atoms with Crippen molar-refractivity contribution in [1.29, 1.82) is 0 Å². The molecule has 1 amide bonds. The predicted molar refractivity (Wildman–Crippen MR) is 161 cm³/mol. The summed E-state index contributed by atoms with van der Waals surface area (Å²) in [6.45, 7) is 0. The number of non-ortho nitro benzene ring substituents is 1. The number of methoxy groups -OCH3 is 1. The lowest BCUT2D eigenvalue weighted by Crippen LogP contribution is -2.51. The zero-order valence-corrected chi connectivity index (χ0v) is 23.0. The number of carbonyl (C=O) groups is 3. The lowest BCUT2D eigenvalue weighted by Gasteiger charge is -2.37. The van der Waals surface area contributed by atoms with Crippen molar-refractivity contribution in [3.8, 4) is 5.75 Å². The van der Waals surface area contributed by atoms with E-state index in [1.54, 1.807) is 30.3 Å². The average molecular weight is 572 g/mol. The van der Waals surface area contributed by atoms with Gasteiger partial charge in [0.1, 0.15) is 17.2 Å². The van der Waals surface area contributed by atoms with Crippen molar-refractivity contribution < 1.29 is 24.0 Å². The minimum Gasteiger partial charge on any atom is -0.497 e. The van der Waals surface area contributed by atoms with Crippen LogP contribution in [0.25, 0.3) is 6.08 Å². The first-order chi connectivity index (χ1) is 20.9. The summed E-state index contributed by atoms with van der Waals surface area (Å²) in [5, 5.41) is 14.3. The molecule has 3 heterocycles. The quantitative estimate of drug-likeness (QED) is 0.185. The smallest absolute Gasteiger partial charge is 0.269 e. The number of ether oxygens (including phenoxy) is 1. The van der Waals surface area contributed by atoms with Gasteiger partial charge in [-0.05, 0) is 59.7 Å². The van der Waals surface area contributed by atoms with Crippen molar-refractivity contribution in [1.82, 2.24) is 0 Å². The van der Waals surface area contributed by atoms with Crippen LogP contribution in [-0.2, 0) is 10.2 Å². The topological polar surface area (TPSA) is 119 Å². The van der Waals surface area contributed by atoms with E-state index in [2.05, 4.69) is 5.32 Å². The van der Waals surface area contributed by atoms with Gasteiger partial charge in [-0.1, -0.05) is 48.6 Å². The Morgan fingerprint density at radius 2 is 1.53 bits per heavy atom. The SMILES string of the molecule is COc1ccc(C(=O)[C@@H]2[C@H](C(=O)c3ccc([N+](=O)[O-])cc3)N3c4ccccc4C=C[C@H]3[C@]23C(=O)Nc2ccccc23)cc1. The Hall–Kier alpha value is -5.57. The molecule has 1 spiro atoms. The molecule has 4 atom stereocenters. The summed E-state index contributed by atoms with van der Waals surface area (Å²) in [6, 6.07) is 25.0. The van der Waals surface area contributed by atoms with Gasteiger partial charge in [-0.3, -0.25) is 24.5 Å². The van der Waals surface area contributed by atoms with Crippen LogP contribution in [0.15, 0.2) is 103 Å². The molecule has 1 N–H and O–H groups in total. The number of amides is 1. The second-order valence-electron chi connectivity index (χ2n) is 10.8. The summed E-state index contributed by atoms with van der Waals surface area (Å²) >= 11 is 0. The Morgan fingerprint density at radius 1 is 0.884 bits per heavy atom. The van der Waals surface area contributed by atoms with Gasteiger partial charge in [0.25, 0.3) is 5.69 Å². The van der Waals surface area contributed by atoms with Gasteiger partial charge in [0.15, 0.2) is 11.6 Å². The van der Waals surface area contributed by atoms with E-state index < -0.39 is 34.1 Å². The molecule has 212 valence electrons. The maximum Gasteiger partial charge on any atom is 0.269 e. The summed E-state index contributed by atoms with van der Waals surface area (Å²) in [5.74, 6) is -1.72. The molecule has 0 saturated carbocycles. The fraction of sp³-hybridized carbons (Fsp3) is 0.147. The highest BCUT2D eigenvalue weighted by Crippen LogP contribution is 2.58. The number of hydrogen-bond donors (Lipinski definition) is 1. The maximum absolute atomic E-state index is 14.8. The number of hydrogen-bond acceptors (Lipinski definition) is 7. The van der Waals surface area contributed by atoms with Gasteiger partial charge in [-0.2, -0.15) is 0 Å². The standard InChI is InChI=1S/C34H25N3O6/c1-43-24-17-12-21(13-18-24)31(38)29-30(32(39)22-10-15-23(16-11-22)37(41)42)36-27-9-5-2-6-20(27)14-19-28(36)34(29)25-7-3-4-8-26(25)35-33(34)40/h2-19,28-30H,1H3,(H,35,40)/t28-,29-,30+,34-/m0/s1. The highest BCUT2D eigenvalue weighted by Gasteiger charge is 2.70. The Kier molecular flexibility index (Phi) is 5.98. The fourth-order valence-corrected chi connectivity index (χ4v) is 6.97. The monoisotopic (exact) mass is 571 g/mol. The van der Waals surface area contributed by atoms with Crippen LogP contribution in [0.3, 0.4) is 0 Å². The molecule has 9 nitrogen and oxygen atoms in total. The summed E-state index contributed by atoms with van der Waals surface area (Å²) in [6.07, 6.45) is 3.83. The van der Waals surface area contributed by atoms with Crippen LogP contribution >= 0.6 is 0 Å². The minimum atomic E-state index is -1.45. The van der Waals surface area contributed by atoms with Crippen LogP contribution in [0.1, 0.15) is 31.8 Å². The lowest BCUT2D eigenvalue weighted by molar-refractivity contribution is -0.384. The number of nitro benzene ring substituents is 1. The molecule has 0 radical (unpaired) electrons. The molecule has 3 aliphatic heterocycles. The number of benzene rings is 4. The molecule has 1 fully saturated rings. The van der Waals surface area contributed by atoms with Gasteiger partial charge in [0.2, 0.25) is 5.91 Å². The number of carbonyl (C=O) groups excluding carboxylic acids is 3. The first kappa shape index (κ1) is 26.3. The van der Waals surface area contributed by atoms with Gasteiger partial charge in [0, 0.05) is 34.6 Å². The fourth-order valence-electron chi connectivity index (χ4n) is 6.97. The molecule has 3 aliphatic rings. The van der Waals surface area contributed by atoms with Crippen molar-refractivity contribution >= 4 is 40.6 Å². The molecule has 0 bridgehead atoms. The number of ketones is 2. The van der Waals surface area contributed by atoms with E-state index in [4.69, 9.17) is 4.74 Å². The molecule has 4 aromatic carbocycles. The molecular weight excluding hydrogens is 546 g/mol. The number of nitrogens with one attached hydrogen (secondary N) is 1. The van der Waals surface area contributed by atoms with Crippen LogP contribution in [-0.4, -0.2) is 41.6 Å². The molecule has 7 rings (SSSR count). The largest absolute Gasteiger partial charge is 0.497 e. The molecule has 1 saturated heterocycles. The van der Waals surface area contributed by atoms with Crippen molar-refractivity contribution in [3.05, 3.63) is 136 Å². The number of anilines is 2. The number of rotatable bonds is 6. The number of Topliss-reactive ketones (excluding diaryl/α,β-unsaturated/α-hetero) is 2. The second kappa shape index (κ2) is 9.77. The Morgan fingerprint density at radius 3 is 2.26 bits per heavy atom. The van der Waals surface area contributed by atoms with Crippen LogP contribution in [0, 0.1) is 16.0 Å². The summed E-state index contributed by atoms with van der Waals surface area (Å²) in [7, 11) is 1.53. The highest BCUT2D eigenvalue weighted by molar-refractivity contribution is 6.18. The normalized spacial score (nSPS) is 22.9. The summed E-state index contributed by atoms with van der Waals surface area (Å²) in [4.78, 5) is 56.5. The van der Waals surface area contributed by atoms with Gasteiger partial charge >= 0.3 is 0 Å². The Labute approximate surface area is 246 Å². The van der Waals surface area contributed by atoms with Gasteiger partial charge < -0.3 is 15.0 Å². The van der Waals surface area contributed by atoms with E-state index in [9.17, 15) is 24.5 Å². The Bertz CT molecular complexity index is 1850. The minimum absolute atomic E-state index is 0.154. The first-order valence-electron chi connectivity index (χ1n) is 13.8. The van der Waals surface area contributed by atoms with Gasteiger partial charge in [-0.15, -0.1) is 0 Å². The zero-order valence-electron chi connectivity index (χ0n) is 23.0. The van der Waals surface area contributed by atoms with Crippen LogP contribution in [0.5, 0.6) is 5.75 Å². The molecule has 4 aromatic rings. The van der Waals surface area contributed by atoms with Crippen LogP contribution < -0.4 is 15.0 Å². The number of fused-ring (bicyclic) bond motifs is 6. The average Bonchev–Trinajstić information content (AvgIpc) is 3.52. The van der Waals surface area contributed by atoms with Crippen molar-refractivity contribution in [2.75, 3.05) is 17.3 Å².